The molecule has 0 radical (unpaired) electrons. The lowest BCUT2D eigenvalue weighted by Crippen LogP contribution is -2.22. The molecule has 100 valence electrons. The third-order valence-corrected chi connectivity index (χ3v) is 3.36. The summed E-state index contributed by atoms with van der Waals surface area (Å²) in [7, 11) is 0. The molecule has 0 saturated carbocycles. The molecule has 0 aliphatic carbocycles. The zero-order chi connectivity index (χ0) is 14.3. The second-order valence-corrected chi connectivity index (χ2v) is 4.79. The Morgan fingerprint density at radius 1 is 1.10 bits per heavy atom. The standard InChI is InChI=1S/C16H14N2O2/c1-10-5-3-8-14-15(10)16(20)18(11(2)17-14)12-6-4-7-13(19)9-12/h3-9,19H,1-2H3. The molecule has 0 saturated heterocycles. The summed E-state index contributed by atoms with van der Waals surface area (Å²) in [5.74, 6) is 0.720. The Kier molecular flexibility index (Phi) is 2.79. The van der Waals surface area contributed by atoms with Gasteiger partial charge in [0.05, 0.1) is 16.6 Å². The third kappa shape index (κ3) is 1.86. The fourth-order valence-electron chi connectivity index (χ4n) is 2.44. The number of hydrogen-bond donors (Lipinski definition) is 1. The van der Waals surface area contributed by atoms with E-state index < -0.39 is 0 Å². The third-order valence-electron chi connectivity index (χ3n) is 3.36. The van der Waals surface area contributed by atoms with Gasteiger partial charge >= 0.3 is 0 Å². The maximum absolute atomic E-state index is 12.7. The SMILES string of the molecule is Cc1cccc2nc(C)n(-c3cccc(O)c3)c(=O)c12. The van der Waals surface area contributed by atoms with Crippen molar-refractivity contribution in [1.29, 1.82) is 0 Å². The minimum Gasteiger partial charge on any atom is -0.508 e. The number of hydrogen-bond acceptors (Lipinski definition) is 3. The van der Waals surface area contributed by atoms with Crippen LogP contribution in [0, 0.1) is 13.8 Å². The van der Waals surface area contributed by atoms with Gasteiger partial charge < -0.3 is 5.11 Å². The summed E-state index contributed by atoms with van der Waals surface area (Å²) in [5, 5.41) is 10.2. The number of aromatic nitrogens is 2. The van der Waals surface area contributed by atoms with Crippen LogP contribution >= 0.6 is 0 Å². The molecule has 0 aliphatic rings. The molecule has 3 aromatic rings. The van der Waals surface area contributed by atoms with Crippen molar-refractivity contribution in [1.82, 2.24) is 9.55 Å². The minimum atomic E-state index is -0.115. The molecule has 0 spiro atoms. The van der Waals surface area contributed by atoms with Crippen molar-refractivity contribution in [2.45, 2.75) is 13.8 Å². The molecular weight excluding hydrogens is 252 g/mol. The first kappa shape index (κ1) is 12.4. The smallest absolute Gasteiger partial charge is 0.266 e. The number of aromatic hydroxyl groups is 1. The van der Waals surface area contributed by atoms with Gasteiger partial charge in [-0.3, -0.25) is 9.36 Å². The van der Waals surface area contributed by atoms with Gasteiger partial charge in [0.15, 0.2) is 0 Å². The number of benzene rings is 2. The van der Waals surface area contributed by atoms with Crippen LogP contribution in [0.3, 0.4) is 0 Å². The number of nitrogens with zero attached hydrogens (tertiary/aromatic N) is 2. The summed E-state index contributed by atoms with van der Waals surface area (Å²) < 4.78 is 1.52. The van der Waals surface area contributed by atoms with Crippen molar-refractivity contribution in [3.63, 3.8) is 0 Å². The van der Waals surface area contributed by atoms with Crippen LogP contribution in [0.5, 0.6) is 5.75 Å². The normalized spacial score (nSPS) is 10.9. The molecule has 4 nitrogen and oxygen atoms in total. The molecule has 0 unspecified atom stereocenters. The number of aryl methyl sites for hydroxylation is 2. The minimum absolute atomic E-state index is 0.115. The summed E-state index contributed by atoms with van der Waals surface area (Å²) in [6, 6.07) is 12.2. The number of fused-ring (bicyclic) bond motifs is 1. The lowest BCUT2D eigenvalue weighted by molar-refractivity contribution is 0.475. The highest BCUT2D eigenvalue weighted by atomic mass is 16.3. The van der Waals surface area contributed by atoms with E-state index in [-0.39, 0.29) is 11.3 Å². The van der Waals surface area contributed by atoms with Crippen LogP contribution in [0.4, 0.5) is 0 Å². The van der Waals surface area contributed by atoms with Gasteiger partial charge in [-0.2, -0.15) is 0 Å². The number of phenols is 1. The fourth-order valence-corrected chi connectivity index (χ4v) is 2.44. The second kappa shape index (κ2) is 4.49. The average Bonchev–Trinajstić information content (AvgIpc) is 2.38. The van der Waals surface area contributed by atoms with Gasteiger partial charge in [-0.05, 0) is 37.6 Å². The quantitative estimate of drug-likeness (QED) is 0.736. The Hall–Kier alpha value is -2.62. The van der Waals surface area contributed by atoms with Gasteiger partial charge in [-0.25, -0.2) is 4.98 Å². The summed E-state index contributed by atoms with van der Waals surface area (Å²) >= 11 is 0. The van der Waals surface area contributed by atoms with Gasteiger partial charge in [-0.1, -0.05) is 18.2 Å². The van der Waals surface area contributed by atoms with Crippen molar-refractivity contribution in [2.24, 2.45) is 0 Å². The number of rotatable bonds is 1. The lowest BCUT2D eigenvalue weighted by Gasteiger charge is -2.12. The first-order chi connectivity index (χ1) is 9.58. The van der Waals surface area contributed by atoms with E-state index in [1.165, 1.54) is 4.57 Å². The number of phenolic OH excluding ortho intramolecular Hbond substituents is 1. The van der Waals surface area contributed by atoms with E-state index in [0.29, 0.717) is 22.4 Å². The zero-order valence-electron chi connectivity index (χ0n) is 11.3. The molecule has 4 heteroatoms. The highest BCUT2D eigenvalue weighted by Crippen LogP contribution is 2.18. The maximum Gasteiger partial charge on any atom is 0.266 e. The van der Waals surface area contributed by atoms with Crippen LogP contribution < -0.4 is 5.56 Å². The van der Waals surface area contributed by atoms with E-state index in [1.54, 1.807) is 31.2 Å². The average molecular weight is 266 g/mol. The van der Waals surface area contributed by atoms with E-state index in [1.807, 2.05) is 25.1 Å². The van der Waals surface area contributed by atoms with Gasteiger partial charge in [0.2, 0.25) is 0 Å². The Morgan fingerprint density at radius 3 is 2.60 bits per heavy atom. The Labute approximate surface area is 116 Å². The van der Waals surface area contributed by atoms with Gasteiger partial charge in [0.1, 0.15) is 11.6 Å². The van der Waals surface area contributed by atoms with Crippen LogP contribution in [0.25, 0.3) is 16.6 Å². The van der Waals surface area contributed by atoms with Gasteiger partial charge in [0.25, 0.3) is 5.56 Å². The largest absolute Gasteiger partial charge is 0.508 e. The highest BCUT2D eigenvalue weighted by Gasteiger charge is 2.11. The predicted octanol–water partition coefficient (Wildman–Crippen LogP) is 2.71. The second-order valence-electron chi connectivity index (χ2n) is 4.79. The maximum atomic E-state index is 12.7. The van der Waals surface area contributed by atoms with Crippen LogP contribution in [-0.4, -0.2) is 14.7 Å². The molecule has 1 heterocycles. The van der Waals surface area contributed by atoms with Crippen LogP contribution in [0.1, 0.15) is 11.4 Å². The first-order valence-corrected chi connectivity index (χ1v) is 6.36. The van der Waals surface area contributed by atoms with Crippen molar-refractivity contribution in [3.05, 3.63) is 64.2 Å². The van der Waals surface area contributed by atoms with Crippen molar-refractivity contribution >= 4 is 10.9 Å². The zero-order valence-corrected chi connectivity index (χ0v) is 11.3. The van der Waals surface area contributed by atoms with Crippen LogP contribution in [0.2, 0.25) is 0 Å². The lowest BCUT2D eigenvalue weighted by atomic mass is 10.1. The summed E-state index contributed by atoms with van der Waals surface area (Å²) in [6.45, 7) is 3.68. The molecule has 0 atom stereocenters. The Balaban J connectivity index is 2.43. The Bertz CT molecular complexity index is 866. The topological polar surface area (TPSA) is 55.1 Å². The predicted molar refractivity (Wildman–Crippen MR) is 78.5 cm³/mol. The first-order valence-electron chi connectivity index (χ1n) is 6.36. The van der Waals surface area contributed by atoms with Crippen molar-refractivity contribution in [3.8, 4) is 11.4 Å². The molecule has 0 aliphatic heterocycles. The summed E-state index contributed by atoms with van der Waals surface area (Å²) in [5.41, 5.74) is 2.10. The summed E-state index contributed by atoms with van der Waals surface area (Å²) in [4.78, 5) is 17.2. The van der Waals surface area contributed by atoms with E-state index in [9.17, 15) is 9.90 Å². The van der Waals surface area contributed by atoms with Crippen LogP contribution in [0.15, 0.2) is 47.3 Å². The van der Waals surface area contributed by atoms with E-state index >= 15 is 0 Å². The molecule has 1 aromatic heterocycles. The van der Waals surface area contributed by atoms with E-state index in [2.05, 4.69) is 4.98 Å². The molecule has 0 bridgehead atoms. The molecule has 1 N–H and O–H groups in total. The van der Waals surface area contributed by atoms with Gasteiger partial charge in [0, 0.05) is 6.07 Å². The molecule has 0 fully saturated rings. The molecule has 2 aromatic carbocycles. The summed E-state index contributed by atoms with van der Waals surface area (Å²) in [6.07, 6.45) is 0. The van der Waals surface area contributed by atoms with Crippen LogP contribution in [-0.2, 0) is 0 Å². The highest BCUT2D eigenvalue weighted by molar-refractivity contribution is 5.81. The van der Waals surface area contributed by atoms with E-state index in [4.69, 9.17) is 0 Å². The van der Waals surface area contributed by atoms with Gasteiger partial charge in [-0.15, -0.1) is 0 Å². The molecule has 0 amide bonds. The van der Waals surface area contributed by atoms with Crippen molar-refractivity contribution in [2.75, 3.05) is 0 Å². The molecular formula is C16H14N2O2. The Morgan fingerprint density at radius 2 is 1.85 bits per heavy atom. The molecule has 3 rings (SSSR count). The molecule has 20 heavy (non-hydrogen) atoms. The van der Waals surface area contributed by atoms with E-state index in [0.717, 1.165) is 5.56 Å². The van der Waals surface area contributed by atoms with Crippen molar-refractivity contribution < 1.29 is 5.11 Å². The fraction of sp³-hybridized carbons (Fsp3) is 0.125. The monoisotopic (exact) mass is 266 g/mol.